The molecule has 3 aromatic carbocycles. The quantitative estimate of drug-likeness (QED) is 0.279. The molecule has 0 saturated carbocycles. The van der Waals surface area contributed by atoms with Crippen molar-refractivity contribution in [2.24, 2.45) is 0 Å². The number of furan rings is 1. The number of hydrogen-bond donors (Lipinski definition) is 1. The van der Waals surface area contributed by atoms with Gasteiger partial charge in [-0.05, 0) is 66.7 Å². The van der Waals surface area contributed by atoms with Gasteiger partial charge in [-0.25, -0.2) is 4.79 Å². The van der Waals surface area contributed by atoms with Crippen LogP contribution in [0.25, 0.3) is 0 Å². The molecule has 1 aliphatic heterocycles. The van der Waals surface area contributed by atoms with Crippen molar-refractivity contribution in [3.05, 3.63) is 114 Å². The van der Waals surface area contributed by atoms with Crippen molar-refractivity contribution in [1.82, 2.24) is 4.90 Å². The molecule has 0 radical (unpaired) electrons. The number of nitrogens with zero attached hydrogens (tertiary/aromatic N) is 1. The van der Waals surface area contributed by atoms with Crippen LogP contribution >= 0.6 is 0 Å². The van der Waals surface area contributed by atoms with Crippen molar-refractivity contribution in [1.29, 1.82) is 0 Å². The molecule has 1 aromatic heterocycles. The number of ether oxygens (including phenoxy) is 2. The maximum absolute atomic E-state index is 12.7. The van der Waals surface area contributed by atoms with Crippen LogP contribution in [0.3, 0.4) is 0 Å². The number of fused-ring (bicyclic) bond motifs is 1. The molecule has 37 heavy (non-hydrogen) atoms. The number of benzene rings is 3. The van der Waals surface area contributed by atoms with E-state index in [0.717, 1.165) is 4.90 Å². The monoisotopic (exact) mass is 496 g/mol. The molecule has 9 nitrogen and oxygen atoms in total. The van der Waals surface area contributed by atoms with Gasteiger partial charge >= 0.3 is 5.97 Å². The smallest absolute Gasteiger partial charge is 0.338 e. The molecule has 5 rings (SSSR count). The van der Waals surface area contributed by atoms with Gasteiger partial charge in [0.25, 0.3) is 17.7 Å². The van der Waals surface area contributed by atoms with E-state index in [-0.39, 0.29) is 23.2 Å². The van der Waals surface area contributed by atoms with Gasteiger partial charge in [0.1, 0.15) is 17.3 Å². The first-order valence-corrected chi connectivity index (χ1v) is 11.3. The first-order chi connectivity index (χ1) is 18.0. The molecule has 0 spiro atoms. The molecule has 0 aliphatic carbocycles. The molecular weight excluding hydrogens is 476 g/mol. The van der Waals surface area contributed by atoms with Gasteiger partial charge in [0.2, 0.25) is 0 Å². The number of anilines is 1. The minimum Gasteiger partial charge on any atom is -0.467 e. The van der Waals surface area contributed by atoms with Crippen LogP contribution in [0.5, 0.6) is 11.5 Å². The molecule has 184 valence electrons. The number of para-hydroxylation sites is 1. The Morgan fingerprint density at radius 2 is 1.54 bits per heavy atom. The van der Waals surface area contributed by atoms with Crippen LogP contribution < -0.4 is 10.1 Å². The van der Waals surface area contributed by atoms with Crippen molar-refractivity contribution in [3.8, 4) is 11.5 Å². The summed E-state index contributed by atoms with van der Waals surface area (Å²) in [5.74, 6) is -0.605. The second-order valence-corrected chi connectivity index (χ2v) is 8.10. The van der Waals surface area contributed by atoms with Crippen molar-refractivity contribution in [3.63, 3.8) is 0 Å². The van der Waals surface area contributed by atoms with E-state index in [1.54, 1.807) is 36.4 Å². The molecule has 1 N–H and O–H groups in total. The molecule has 0 bridgehead atoms. The Hall–Kier alpha value is -5.18. The predicted octanol–water partition coefficient (Wildman–Crippen LogP) is 4.66. The third-order valence-corrected chi connectivity index (χ3v) is 5.55. The third-order valence-electron chi connectivity index (χ3n) is 5.55. The van der Waals surface area contributed by atoms with Gasteiger partial charge < -0.3 is 19.2 Å². The summed E-state index contributed by atoms with van der Waals surface area (Å²) in [6, 6.07) is 23.4. The van der Waals surface area contributed by atoms with Gasteiger partial charge in [-0.15, -0.1) is 0 Å². The van der Waals surface area contributed by atoms with Gasteiger partial charge in [-0.2, -0.15) is 0 Å². The Balaban J connectivity index is 1.15. The molecule has 3 amide bonds. The van der Waals surface area contributed by atoms with Gasteiger partial charge in [0.15, 0.2) is 6.61 Å². The number of hydrogen-bond acceptors (Lipinski definition) is 7. The van der Waals surface area contributed by atoms with E-state index in [0.29, 0.717) is 22.9 Å². The van der Waals surface area contributed by atoms with Gasteiger partial charge in [-0.1, -0.05) is 18.2 Å². The maximum atomic E-state index is 12.7. The van der Waals surface area contributed by atoms with Gasteiger partial charge in [-0.3, -0.25) is 19.3 Å². The molecule has 4 aromatic rings. The average Bonchev–Trinajstić information content (AvgIpc) is 3.52. The number of carbonyl (C=O) groups is 4. The Morgan fingerprint density at radius 1 is 0.811 bits per heavy atom. The minimum atomic E-state index is -0.797. The van der Waals surface area contributed by atoms with E-state index in [4.69, 9.17) is 13.9 Å². The van der Waals surface area contributed by atoms with Crippen molar-refractivity contribution < 1.29 is 33.1 Å². The zero-order chi connectivity index (χ0) is 25.8. The zero-order valence-electron chi connectivity index (χ0n) is 19.4. The highest BCUT2D eigenvalue weighted by atomic mass is 16.5. The fourth-order valence-electron chi connectivity index (χ4n) is 3.76. The summed E-state index contributed by atoms with van der Waals surface area (Å²) in [4.78, 5) is 51.2. The second-order valence-electron chi connectivity index (χ2n) is 8.10. The highest BCUT2D eigenvalue weighted by Gasteiger charge is 2.36. The predicted molar refractivity (Wildman–Crippen MR) is 131 cm³/mol. The normalized spacial score (nSPS) is 12.3. The number of esters is 1. The highest BCUT2D eigenvalue weighted by Crippen LogP contribution is 2.26. The fraction of sp³-hybridized carbons (Fsp3) is 0.0714. The van der Waals surface area contributed by atoms with E-state index in [2.05, 4.69) is 5.32 Å². The van der Waals surface area contributed by atoms with Crippen LogP contribution in [-0.4, -0.2) is 35.2 Å². The molecule has 0 atom stereocenters. The number of imide groups is 1. The minimum absolute atomic E-state index is 0.0152. The Morgan fingerprint density at radius 3 is 2.27 bits per heavy atom. The Kier molecular flexibility index (Phi) is 6.50. The standard InChI is InChI=1S/C28H20N2O7/c31-25(29-19-9-11-21(12-10-19)37-20-5-2-1-3-6-20)17-36-28(34)18-8-13-23-24(15-18)27(33)30(26(23)32)16-22-7-4-14-35-22/h1-15H,16-17H2,(H,29,31). The average molecular weight is 496 g/mol. The zero-order valence-corrected chi connectivity index (χ0v) is 19.4. The largest absolute Gasteiger partial charge is 0.467 e. The number of rotatable bonds is 8. The summed E-state index contributed by atoms with van der Waals surface area (Å²) >= 11 is 0. The van der Waals surface area contributed by atoms with E-state index < -0.39 is 30.3 Å². The molecule has 0 saturated heterocycles. The van der Waals surface area contributed by atoms with E-state index >= 15 is 0 Å². The van der Waals surface area contributed by atoms with Gasteiger partial charge in [0.05, 0.1) is 29.5 Å². The molecular formula is C28H20N2O7. The van der Waals surface area contributed by atoms with E-state index in [1.165, 1.54) is 24.5 Å². The number of amides is 3. The molecule has 9 heteroatoms. The summed E-state index contributed by atoms with van der Waals surface area (Å²) in [6.07, 6.45) is 1.45. The molecule has 1 aliphatic rings. The van der Waals surface area contributed by atoms with Crippen LogP contribution in [0.15, 0.2) is 95.6 Å². The lowest BCUT2D eigenvalue weighted by Gasteiger charge is -2.11. The third kappa shape index (κ3) is 5.25. The Bertz CT molecular complexity index is 1460. The molecule has 0 unspecified atom stereocenters. The van der Waals surface area contributed by atoms with Crippen LogP contribution in [0, 0.1) is 0 Å². The summed E-state index contributed by atoms with van der Waals surface area (Å²) in [5.41, 5.74) is 0.827. The lowest BCUT2D eigenvalue weighted by molar-refractivity contribution is -0.119. The molecule has 2 heterocycles. The van der Waals surface area contributed by atoms with Crippen molar-refractivity contribution in [2.45, 2.75) is 6.54 Å². The van der Waals surface area contributed by atoms with Crippen LogP contribution in [0.1, 0.15) is 36.8 Å². The number of carbonyl (C=O) groups excluding carboxylic acids is 4. The summed E-state index contributed by atoms with van der Waals surface area (Å²) in [7, 11) is 0. The lowest BCUT2D eigenvalue weighted by Crippen LogP contribution is -2.28. The first kappa shape index (κ1) is 23.6. The highest BCUT2D eigenvalue weighted by molar-refractivity contribution is 6.21. The second kappa shape index (κ2) is 10.2. The summed E-state index contributed by atoms with van der Waals surface area (Å²) in [5, 5.41) is 2.64. The summed E-state index contributed by atoms with van der Waals surface area (Å²) < 4.78 is 16.0. The Labute approximate surface area is 211 Å². The van der Waals surface area contributed by atoms with Crippen molar-refractivity contribution >= 4 is 29.4 Å². The van der Waals surface area contributed by atoms with E-state index in [1.807, 2.05) is 30.3 Å². The van der Waals surface area contributed by atoms with Crippen LogP contribution in [0.4, 0.5) is 5.69 Å². The van der Waals surface area contributed by atoms with Crippen LogP contribution in [-0.2, 0) is 16.1 Å². The lowest BCUT2D eigenvalue weighted by atomic mass is 10.1. The fourth-order valence-corrected chi connectivity index (χ4v) is 3.76. The molecule has 0 fully saturated rings. The maximum Gasteiger partial charge on any atom is 0.338 e. The van der Waals surface area contributed by atoms with E-state index in [9.17, 15) is 19.2 Å². The van der Waals surface area contributed by atoms with Crippen LogP contribution in [0.2, 0.25) is 0 Å². The van der Waals surface area contributed by atoms with Gasteiger partial charge in [0, 0.05) is 5.69 Å². The first-order valence-electron chi connectivity index (χ1n) is 11.3. The van der Waals surface area contributed by atoms with Crippen molar-refractivity contribution in [2.75, 3.05) is 11.9 Å². The SMILES string of the molecule is O=C(COC(=O)c1ccc2c(c1)C(=O)N(Cc1ccco1)C2=O)Nc1ccc(Oc2ccccc2)cc1. The number of nitrogens with one attached hydrogen (secondary N) is 1. The topological polar surface area (TPSA) is 115 Å². The summed E-state index contributed by atoms with van der Waals surface area (Å²) in [6.45, 7) is -0.547.